The van der Waals surface area contributed by atoms with Crippen LogP contribution < -0.4 is 10.2 Å². The van der Waals surface area contributed by atoms with E-state index >= 15 is 0 Å². The standard InChI is InChI=1S/C19H19FN2O2/c1-12-6-5-8-16(13(12)2)21-19(24)14-10-18(23)22(11-14)17-9-4-3-7-15(17)20/h3-9,14H,10-11H2,1-2H3,(H,21,24). The number of benzene rings is 2. The van der Waals surface area contributed by atoms with E-state index in [2.05, 4.69) is 5.32 Å². The number of hydrogen-bond donors (Lipinski definition) is 1. The summed E-state index contributed by atoms with van der Waals surface area (Å²) in [5, 5.41) is 2.89. The Morgan fingerprint density at radius 2 is 1.92 bits per heavy atom. The summed E-state index contributed by atoms with van der Waals surface area (Å²) >= 11 is 0. The second kappa shape index (κ2) is 6.43. The van der Waals surface area contributed by atoms with Crippen molar-refractivity contribution in [1.82, 2.24) is 0 Å². The number of anilines is 2. The van der Waals surface area contributed by atoms with Gasteiger partial charge in [0.05, 0.1) is 11.6 Å². The molecule has 1 aliphatic heterocycles. The average Bonchev–Trinajstić information content (AvgIpc) is 2.94. The lowest BCUT2D eigenvalue weighted by molar-refractivity contribution is -0.122. The minimum atomic E-state index is -0.489. The maximum atomic E-state index is 13.9. The lowest BCUT2D eigenvalue weighted by Crippen LogP contribution is -2.28. The molecule has 0 saturated carbocycles. The molecule has 1 atom stereocenters. The van der Waals surface area contributed by atoms with Gasteiger partial charge < -0.3 is 10.2 Å². The predicted octanol–water partition coefficient (Wildman–Crippen LogP) is 3.43. The van der Waals surface area contributed by atoms with Crippen LogP contribution in [0.3, 0.4) is 0 Å². The Balaban J connectivity index is 1.75. The van der Waals surface area contributed by atoms with Crippen LogP contribution >= 0.6 is 0 Å². The molecule has 0 bridgehead atoms. The van der Waals surface area contributed by atoms with Gasteiger partial charge in [0, 0.05) is 18.7 Å². The van der Waals surface area contributed by atoms with Crippen LogP contribution in [-0.2, 0) is 9.59 Å². The summed E-state index contributed by atoms with van der Waals surface area (Å²) in [7, 11) is 0. The zero-order valence-corrected chi connectivity index (χ0v) is 13.7. The van der Waals surface area contributed by atoms with Gasteiger partial charge in [-0.1, -0.05) is 24.3 Å². The fraction of sp³-hybridized carbons (Fsp3) is 0.263. The maximum absolute atomic E-state index is 13.9. The number of carbonyl (C=O) groups excluding carboxylic acids is 2. The molecule has 1 unspecified atom stereocenters. The van der Waals surface area contributed by atoms with Gasteiger partial charge in [-0.05, 0) is 43.2 Å². The van der Waals surface area contributed by atoms with Crippen LogP contribution in [0.15, 0.2) is 42.5 Å². The smallest absolute Gasteiger partial charge is 0.229 e. The molecule has 1 fully saturated rings. The molecule has 24 heavy (non-hydrogen) atoms. The molecule has 5 heteroatoms. The van der Waals surface area contributed by atoms with Crippen LogP contribution in [0.1, 0.15) is 17.5 Å². The summed E-state index contributed by atoms with van der Waals surface area (Å²) in [5.41, 5.74) is 3.06. The number of carbonyl (C=O) groups is 2. The van der Waals surface area contributed by atoms with E-state index in [1.54, 1.807) is 18.2 Å². The molecule has 1 aliphatic rings. The average molecular weight is 326 g/mol. The Morgan fingerprint density at radius 1 is 1.17 bits per heavy atom. The number of para-hydroxylation sites is 1. The molecular formula is C19H19FN2O2. The normalized spacial score (nSPS) is 17.2. The Labute approximate surface area is 140 Å². The fourth-order valence-corrected chi connectivity index (χ4v) is 2.91. The highest BCUT2D eigenvalue weighted by Crippen LogP contribution is 2.28. The van der Waals surface area contributed by atoms with Crippen LogP contribution in [-0.4, -0.2) is 18.4 Å². The number of amides is 2. The highest BCUT2D eigenvalue weighted by Gasteiger charge is 2.36. The van der Waals surface area contributed by atoms with E-state index < -0.39 is 11.7 Å². The Morgan fingerprint density at radius 3 is 2.67 bits per heavy atom. The second-order valence-corrected chi connectivity index (χ2v) is 6.09. The first-order valence-corrected chi connectivity index (χ1v) is 7.89. The first kappa shape index (κ1) is 16.2. The van der Waals surface area contributed by atoms with Crippen LogP contribution in [0, 0.1) is 25.6 Å². The zero-order valence-electron chi connectivity index (χ0n) is 13.7. The van der Waals surface area contributed by atoms with Gasteiger partial charge in [0.15, 0.2) is 0 Å². The van der Waals surface area contributed by atoms with E-state index in [1.807, 2.05) is 32.0 Å². The van der Waals surface area contributed by atoms with Crippen molar-refractivity contribution in [2.75, 3.05) is 16.8 Å². The summed E-state index contributed by atoms with van der Waals surface area (Å²) in [4.78, 5) is 26.0. The number of halogens is 1. The largest absolute Gasteiger partial charge is 0.326 e. The summed E-state index contributed by atoms with van der Waals surface area (Å²) < 4.78 is 13.9. The molecule has 4 nitrogen and oxygen atoms in total. The number of aryl methyl sites for hydroxylation is 1. The van der Waals surface area contributed by atoms with Gasteiger partial charge in [0.25, 0.3) is 0 Å². The third-order valence-corrected chi connectivity index (χ3v) is 4.50. The minimum absolute atomic E-state index is 0.0883. The molecule has 2 aromatic carbocycles. The fourth-order valence-electron chi connectivity index (χ4n) is 2.91. The van der Waals surface area contributed by atoms with E-state index in [-0.39, 0.29) is 30.5 Å². The Bertz CT molecular complexity index is 804. The third kappa shape index (κ3) is 3.02. The minimum Gasteiger partial charge on any atom is -0.326 e. The van der Waals surface area contributed by atoms with E-state index in [9.17, 15) is 14.0 Å². The van der Waals surface area contributed by atoms with Crippen molar-refractivity contribution in [3.05, 3.63) is 59.4 Å². The monoisotopic (exact) mass is 326 g/mol. The molecule has 0 spiro atoms. The van der Waals surface area contributed by atoms with E-state index in [0.29, 0.717) is 0 Å². The van der Waals surface area contributed by atoms with Crippen molar-refractivity contribution >= 4 is 23.2 Å². The third-order valence-electron chi connectivity index (χ3n) is 4.50. The van der Waals surface area contributed by atoms with E-state index in [4.69, 9.17) is 0 Å². The van der Waals surface area contributed by atoms with Crippen LogP contribution in [0.25, 0.3) is 0 Å². The van der Waals surface area contributed by atoms with Crippen molar-refractivity contribution in [2.24, 2.45) is 5.92 Å². The van der Waals surface area contributed by atoms with Gasteiger partial charge in [-0.3, -0.25) is 9.59 Å². The van der Waals surface area contributed by atoms with Crippen molar-refractivity contribution in [2.45, 2.75) is 20.3 Å². The van der Waals surface area contributed by atoms with Gasteiger partial charge in [-0.15, -0.1) is 0 Å². The van der Waals surface area contributed by atoms with Gasteiger partial charge in [0.2, 0.25) is 11.8 Å². The predicted molar refractivity (Wildman–Crippen MR) is 91.4 cm³/mol. The zero-order chi connectivity index (χ0) is 17.3. The van der Waals surface area contributed by atoms with E-state index in [0.717, 1.165) is 16.8 Å². The summed E-state index contributed by atoms with van der Waals surface area (Å²) in [6, 6.07) is 11.8. The van der Waals surface area contributed by atoms with Crippen molar-refractivity contribution in [3.8, 4) is 0 Å². The number of nitrogens with zero attached hydrogens (tertiary/aromatic N) is 1. The molecule has 1 heterocycles. The lowest BCUT2D eigenvalue weighted by atomic mass is 10.1. The maximum Gasteiger partial charge on any atom is 0.229 e. The van der Waals surface area contributed by atoms with Gasteiger partial charge in [-0.25, -0.2) is 4.39 Å². The summed E-state index contributed by atoms with van der Waals surface area (Å²) in [5.74, 6) is -1.39. The molecule has 124 valence electrons. The Kier molecular flexibility index (Phi) is 4.34. The van der Waals surface area contributed by atoms with Gasteiger partial charge in [-0.2, -0.15) is 0 Å². The molecule has 1 N–H and O–H groups in total. The van der Waals surface area contributed by atoms with Crippen molar-refractivity contribution < 1.29 is 14.0 Å². The summed E-state index contributed by atoms with van der Waals surface area (Å²) in [6.07, 6.45) is 0.0883. The van der Waals surface area contributed by atoms with Crippen molar-refractivity contribution in [3.63, 3.8) is 0 Å². The first-order valence-electron chi connectivity index (χ1n) is 7.89. The van der Waals surface area contributed by atoms with Crippen LogP contribution in [0.2, 0.25) is 0 Å². The topological polar surface area (TPSA) is 49.4 Å². The first-order chi connectivity index (χ1) is 11.5. The van der Waals surface area contributed by atoms with Gasteiger partial charge in [0.1, 0.15) is 5.82 Å². The molecule has 0 aliphatic carbocycles. The molecular weight excluding hydrogens is 307 g/mol. The highest BCUT2D eigenvalue weighted by molar-refractivity contribution is 6.03. The van der Waals surface area contributed by atoms with Crippen LogP contribution in [0.5, 0.6) is 0 Å². The quantitative estimate of drug-likeness (QED) is 0.939. The lowest BCUT2D eigenvalue weighted by Gasteiger charge is -2.17. The van der Waals surface area contributed by atoms with Crippen molar-refractivity contribution in [1.29, 1.82) is 0 Å². The van der Waals surface area contributed by atoms with Crippen LogP contribution in [0.4, 0.5) is 15.8 Å². The van der Waals surface area contributed by atoms with Gasteiger partial charge >= 0.3 is 0 Å². The number of rotatable bonds is 3. The molecule has 2 aromatic rings. The number of hydrogen-bond acceptors (Lipinski definition) is 2. The molecule has 2 amide bonds. The highest BCUT2D eigenvalue weighted by atomic mass is 19.1. The SMILES string of the molecule is Cc1cccc(NC(=O)C2CC(=O)N(c3ccccc3F)C2)c1C. The second-order valence-electron chi connectivity index (χ2n) is 6.09. The summed E-state index contributed by atoms with van der Waals surface area (Å²) in [6.45, 7) is 4.11. The Hall–Kier alpha value is -2.69. The molecule has 1 saturated heterocycles. The van der Waals surface area contributed by atoms with E-state index in [1.165, 1.54) is 11.0 Å². The number of nitrogens with one attached hydrogen (secondary N) is 1. The molecule has 0 aromatic heterocycles. The molecule has 3 rings (SSSR count). The molecule has 0 radical (unpaired) electrons.